The van der Waals surface area contributed by atoms with Gasteiger partial charge in [-0.1, -0.05) is 11.6 Å². The van der Waals surface area contributed by atoms with E-state index in [1.165, 1.54) is 0 Å². The Morgan fingerprint density at radius 1 is 1.35 bits per heavy atom. The second kappa shape index (κ2) is 6.57. The molecule has 112 valence electrons. The molecule has 0 saturated carbocycles. The largest absolute Gasteiger partial charge is 0.496 e. The van der Waals surface area contributed by atoms with E-state index in [1.54, 1.807) is 7.11 Å². The third kappa shape index (κ3) is 3.51. The van der Waals surface area contributed by atoms with Crippen molar-refractivity contribution in [2.45, 2.75) is 25.5 Å². The Kier molecular flexibility index (Phi) is 5.02. The maximum Gasteiger partial charge on any atom is 0.124 e. The van der Waals surface area contributed by atoms with Crippen LogP contribution in [0.1, 0.15) is 23.7 Å². The van der Waals surface area contributed by atoms with Gasteiger partial charge in [-0.3, -0.25) is 0 Å². The van der Waals surface area contributed by atoms with Gasteiger partial charge in [0.2, 0.25) is 0 Å². The minimum absolute atomic E-state index is 0.383. The van der Waals surface area contributed by atoms with Crippen LogP contribution in [0.3, 0.4) is 0 Å². The predicted octanol–water partition coefficient (Wildman–Crippen LogP) is 1.67. The summed E-state index contributed by atoms with van der Waals surface area (Å²) in [6.07, 6.45) is 0.254. The molecule has 1 N–H and O–H groups in total. The first-order chi connectivity index (χ1) is 9.51. The molecular formula is C16H26N2O2. The molecule has 4 heteroatoms. The average molecular weight is 278 g/mol. The molecule has 1 aliphatic heterocycles. The van der Waals surface area contributed by atoms with Crippen LogP contribution in [-0.4, -0.2) is 61.8 Å². The lowest BCUT2D eigenvalue weighted by Gasteiger charge is -2.38. The Labute approximate surface area is 122 Å². The van der Waals surface area contributed by atoms with E-state index in [4.69, 9.17) is 4.74 Å². The molecule has 2 atom stereocenters. The fourth-order valence-electron chi connectivity index (χ4n) is 2.85. The highest BCUT2D eigenvalue weighted by Crippen LogP contribution is 2.30. The number of piperazine rings is 1. The average Bonchev–Trinajstić information content (AvgIpc) is 2.42. The molecule has 0 spiro atoms. The molecule has 0 amide bonds. The normalized spacial score (nSPS) is 22.8. The maximum atomic E-state index is 10.6. The van der Waals surface area contributed by atoms with Crippen molar-refractivity contribution in [2.24, 2.45) is 0 Å². The van der Waals surface area contributed by atoms with Gasteiger partial charge >= 0.3 is 0 Å². The smallest absolute Gasteiger partial charge is 0.124 e. The molecule has 1 heterocycles. The first kappa shape index (κ1) is 15.3. The van der Waals surface area contributed by atoms with E-state index >= 15 is 0 Å². The molecule has 2 rings (SSSR count). The Morgan fingerprint density at radius 2 is 2.10 bits per heavy atom. The molecular weight excluding hydrogens is 252 g/mol. The number of hydrogen-bond donors (Lipinski definition) is 1. The first-order valence-corrected chi connectivity index (χ1v) is 7.22. The van der Waals surface area contributed by atoms with Gasteiger partial charge in [0.05, 0.1) is 13.2 Å². The quantitative estimate of drug-likeness (QED) is 0.909. The molecule has 20 heavy (non-hydrogen) atoms. The molecule has 0 bridgehead atoms. The summed E-state index contributed by atoms with van der Waals surface area (Å²) < 4.78 is 5.37. The molecule has 4 nitrogen and oxygen atoms in total. The first-order valence-electron chi connectivity index (χ1n) is 7.22. The summed E-state index contributed by atoms with van der Waals surface area (Å²) in [5.41, 5.74) is 2.04. The van der Waals surface area contributed by atoms with Crippen molar-refractivity contribution in [3.05, 3.63) is 29.3 Å². The van der Waals surface area contributed by atoms with E-state index in [1.807, 2.05) is 25.1 Å². The lowest BCUT2D eigenvalue weighted by Crippen LogP contribution is -2.50. The lowest BCUT2D eigenvalue weighted by molar-refractivity contribution is 0.0625. The molecule has 1 aromatic carbocycles. The van der Waals surface area contributed by atoms with Crippen LogP contribution < -0.4 is 4.74 Å². The zero-order chi connectivity index (χ0) is 14.7. The Hall–Kier alpha value is -1.10. The topological polar surface area (TPSA) is 35.9 Å². The maximum absolute atomic E-state index is 10.6. The summed E-state index contributed by atoms with van der Waals surface area (Å²) in [6, 6.07) is 6.35. The summed E-state index contributed by atoms with van der Waals surface area (Å²) >= 11 is 0. The van der Waals surface area contributed by atoms with Gasteiger partial charge in [-0.25, -0.2) is 0 Å². The van der Waals surface area contributed by atoms with Crippen molar-refractivity contribution in [1.29, 1.82) is 0 Å². The predicted molar refractivity (Wildman–Crippen MR) is 81.2 cm³/mol. The molecule has 1 saturated heterocycles. The molecule has 1 fully saturated rings. The van der Waals surface area contributed by atoms with Crippen LogP contribution in [0.25, 0.3) is 0 Å². The highest BCUT2D eigenvalue weighted by molar-refractivity contribution is 5.38. The summed E-state index contributed by atoms with van der Waals surface area (Å²) in [4.78, 5) is 4.66. The minimum atomic E-state index is -0.483. The van der Waals surface area contributed by atoms with Crippen LogP contribution in [0.5, 0.6) is 5.75 Å². The number of likely N-dealkylation sites (N-methyl/N-ethyl adjacent to an activating group) is 2. The van der Waals surface area contributed by atoms with E-state index in [0.29, 0.717) is 6.04 Å². The van der Waals surface area contributed by atoms with Gasteiger partial charge in [-0.15, -0.1) is 0 Å². The Morgan fingerprint density at radius 3 is 2.80 bits per heavy atom. The van der Waals surface area contributed by atoms with Gasteiger partial charge in [0.25, 0.3) is 0 Å². The van der Waals surface area contributed by atoms with Gasteiger partial charge < -0.3 is 19.6 Å². The fourth-order valence-corrected chi connectivity index (χ4v) is 2.85. The van der Waals surface area contributed by atoms with E-state index in [9.17, 15) is 5.11 Å². The van der Waals surface area contributed by atoms with Crippen LogP contribution in [0, 0.1) is 6.92 Å². The number of ether oxygens (including phenoxy) is 1. The molecule has 0 aromatic heterocycles. The van der Waals surface area contributed by atoms with Crippen LogP contribution in [-0.2, 0) is 0 Å². The molecule has 2 unspecified atom stereocenters. The van der Waals surface area contributed by atoms with Gasteiger partial charge in [0.1, 0.15) is 5.75 Å². The van der Waals surface area contributed by atoms with Gasteiger partial charge in [0, 0.05) is 31.2 Å². The SMILES string of the molecule is COc1ccc(C)cc1C(O)CC1CN(C)CCN1C. The number of rotatable bonds is 4. The highest BCUT2D eigenvalue weighted by Gasteiger charge is 2.26. The zero-order valence-electron chi connectivity index (χ0n) is 13.0. The lowest BCUT2D eigenvalue weighted by atomic mass is 9.97. The monoisotopic (exact) mass is 278 g/mol. The van der Waals surface area contributed by atoms with Gasteiger partial charge in [-0.2, -0.15) is 0 Å². The van der Waals surface area contributed by atoms with Crippen LogP contribution >= 0.6 is 0 Å². The number of aliphatic hydroxyl groups excluding tert-OH is 1. The summed E-state index contributed by atoms with van der Waals surface area (Å²) in [5, 5.41) is 10.6. The van der Waals surface area contributed by atoms with Crippen LogP contribution in [0.15, 0.2) is 18.2 Å². The molecule has 0 aliphatic carbocycles. The van der Waals surface area contributed by atoms with E-state index in [-0.39, 0.29) is 0 Å². The number of hydrogen-bond acceptors (Lipinski definition) is 4. The summed E-state index contributed by atoms with van der Waals surface area (Å²) in [6.45, 7) is 5.19. The standard InChI is InChI=1S/C16H26N2O2/c1-12-5-6-16(20-4)14(9-12)15(19)10-13-11-17(2)7-8-18(13)3/h5-6,9,13,15,19H,7-8,10-11H2,1-4H3. The van der Waals surface area contributed by atoms with Crippen LogP contribution in [0.2, 0.25) is 0 Å². The van der Waals surface area contributed by atoms with E-state index in [2.05, 4.69) is 23.9 Å². The Bertz CT molecular complexity index is 450. The van der Waals surface area contributed by atoms with E-state index < -0.39 is 6.10 Å². The number of nitrogens with zero attached hydrogens (tertiary/aromatic N) is 2. The van der Waals surface area contributed by atoms with Crippen molar-refractivity contribution >= 4 is 0 Å². The number of methoxy groups -OCH3 is 1. The van der Waals surface area contributed by atoms with Crippen molar-refractivity contribution in [1.82, 2.24) is 9.80 Å². The van der Waals surface area contributed by atoms with Crippen molar-refractivity contribution in [2.75, 3.05) is 40.8 Å². The fraction of sp³-hybridized carbons (Fsp3) is 0.625. The molecule has 0 radical (unpaired) electrons. The van der Waals surface area contributed by atoms with Crippen molar-refractivity contribution < 1.29 is 9.84 Å². The summed E-state index contributed by atoms with van der Waals surface area (Å²) in [5.74, 6) is 0.773. The second-order valence-corrected chi connectivity index (χ2v) is 5.89. The van der Waals surface area contributed by atoms with Crippen molar-refractivity contribution in [3.63, 3.8) is 0 Å². The highest BCUT2D eigenvalue weighted by atomic mass is 16.5. The third-order valence-electron chi connectivity index (χ3n) is 4.22. The van der Waals surface area contributed by atoms with Gasteiger partial charge in [-0.05, 0) is 39.6 Å². The number of benzene rings is 1. The Balaban J connectivity index is 2.11. The third-order valence-corrected chi connectivity index (χ3v) is 4.22. The number of aliphatic hydroxyl groups is 1. The second-order valence-electron chi connectivity index (χ2n) is 5.89. The van der Waals surface area contributed by atoms with Crippen LogP contribution in [0.4, 0.5) is 0 Å². The minimum Gasteiger partial charge on any atom is -0.496 e. The molecule has 1 aromatic rings. The zero-order valence-corrected chi connectivity index (χ0v) is 13.0. The van der Waals surface area contributed by atoms with E-state index in [0.717, 1.165) is 42.9 Å². The summed E-state index contributed by atoms with van der Waals surface area (Å²) in [7, 11) is 5.93. The van der Waals surface area contributed by atoms with Gasteiger partial charge in [0.15, 0.2) is 0 Å². The van der Waals surface area contributed by atoms with Crippen molar-refractivity contribution in [3.8, 4) is 5.75 Å². The molecule has 1 aliphatic rings. The number of aryl methyl sites for hydroxylation is 1.